The predicted octanol–water partition coefficient (Wildman–Crippen LogP) is 0.853. The minimum absolute atomic E-state index is 0.422. The first-order valence-corrected chi connectivity index (χ1v) is 4.09. The van der Waals surface area contributed by atoms with Crippen molar-refractivity contribution in [2.75, 3.05) is 19.6 Å². The zero-order valence-corrected chi connectivity index (χ0v) is 6.93. The number of piperidine rings is 1. The van der Waals surface area contributed by atoms with E-state index in [4.69, 9.17) is 0 Å². The molecule has 2 nitrogen and oxygen atoms in total. The largest absolute Gasteiger partial charge is 0.389 e. The van der Waals surface area contributed by atoms with Crippen molar-refractivity contribution >= 4 is 0 Å². The third-order valence-corrected chi connectivity index (χ3v) is 2.20. The molecule has 1 saturated heterocycles. The molecule has 0 aromatic rings. The van der Waals surface area contributed by atoms with Gasteiger partial charge < -0.3 is 10.0 Å². The Hall–Kier alpha value is -0.0800. The highest BCUT2D eigenvalue weighted by atomic mass is 16.3. The zero-order valence-electron chi connectivity index (χ0n) is 6.93. The van der Waals surface area contributed by atoms with Crippen molar-refractivity contribution < 1.29 is 5.11 Å². The number of likely N-dealkylation sites (tertiary alicyclic amines) is 1. The van der Waals surface area contributed by atoms with Crippen molar-refractivity contribution in [3.8, 4) is 0 Å². The SMILES string of the molecule is CCN1CCC[C@](C)(O)C1. The number of nitrogens with zero attached hydrogens (tertiary/aromatic N) is 1. The topological polar surface area (TPSA) is 23.5 Å². The van der Waals surface area contributed by atoms with Gasteiger partial charge in [0.1, 0.15) is 0 Å². The molecule has 1 aliphatic rings. The Bertz CT molecular complexity index is 112. The molecule has 1 atom stereocenters. The van der Waals surface area contributed by atoms with E-state index in [2.05, 4.69) is 11.8 Å². The summed E-state index contributed by atoms with van der Waals surface area (Å²) in [6.07, 6.45) is 2.10. The monoisotopic (exact) mass is 143 g/mol. The molecule has 0 spiro atoms. The normalized spacial score (nSPS) is 36.3. The van der Waals surface area contributed by atoms with Gasteiger partial charge >= 0.3 is 0 Å². The third kappa shape index (κ3) is 1.96. The molecule has 0 aliphatic carbocycles. The molecule has 0 amide bonds. The van der Waals surface area contributed by atoms with Crippen LogP contribution in [0.1, 0.15) is 26.7 Å². The van der Waals surface area contributed by atoms with Gasteiger partial charge in [0.25, 0.3) is 0 Å². The highest BCUT2D eigenvalue weighted by molar-refractivity contribution is 4.81. The summed E-state index contributed by atoms with van der Waals surface area (Å²) in [5.74, 6) is 0. The molecule has 0 unspecified atom stereocenters. The molecule has 60 valence electrons. The van der Waals surface area contributed by atoms with Crippen LogP contribution in [0.3, 0.4) is 0 Å². The van der Waals surface area contributed by atoms with E-state index in [0.717, 1.165) is 32.5 Å². The minimum Gasteiger partial charge on any atom is -0.389 e. The lowest BCUT2D eigenvalue weighted by Crippen LogP contribution is -2.45. The van der Waals surface area contributed by atoms with Crippen molar-refractivity contribution in [3.05, 3.63) is 0 Å². The zero-order chi connectivity index (χ0) is 7.61. The van der Waals surface area contributed by atoms with Gasteiger partial charge in [-0.05, 0) is 32.9 Å². The Morgan fingerprint density at radius 2 is 2.30 bits per heavy atom. The molecule has 1 N–H and O–H groups in total. The summed E-state index contributed by atoms with van der Waals surface area (Å²) in [4.78, 5) is 2.30. The van der Waals surface area contributed by atoms with E-state index in [1.54, 1.807) is 0 Å². The molecule has 1 aliphatic heterocycles. The van der Waals surface area contributed by atoms with Crippen molar-refractivity contribution in [1.29, 1.82) is 0 Å². The van der Waals surface area contributed by atoms with Crippen LogP contribution in [0, 0.1) is 0 Å². The molecule has 0 aromatic carbocycles. The number of β-amino-alcohol motifs (C(OH)–C–C–N with tert-alkyl or cyclic N) is 1. The Balaban J connectivity index is 2.40. The van der Waals surface area contributed by atoms with Gasteiger partial charge in [0.15, 0.2) is 0 Å². The lowest BCUT2D eigenvalue weighted by atomic mass is 9.95. The second kappa shape index (κ2) is 2.89. The molecule has 0 bridgehead atoms. The van der Waals surface area contributed by atoms with Gasteiger partial charge in [-0.3, -0.25) is 0 Å². The Labute approximate surface area is 62.8 Å². The summed E-state index contributed by atoms with van der Waals surface area (Å²) < 4.78 is 0. The summed E-state index contributed by atoms with van der Waals surface area (Å²) in [6.45, 7) is 7.14. The molecular weight excluding hydrogens is 126 g/mol. The summed E-state index contributed by atoms with van der Waals surface area (Å²) in [5, 5.41) is 9.63. The van der Waals surface area contributed by atoms with E-state index in [1.165, 1.54) is 0 Å². The minimum atomic E-state index is -0.422. The maximum absolute atomic E-state index is 9.63. The number of rotatable bonds is 1. The van der Waals surface area contributed by atoms with E-state index >= 15 is 0 Å². The number of aliphatic hydroxyl groups is 1. The van der Waals surface area contributed by atoms with Gasteiger partial charge in [0.05, 0.1) is 5.60 Å². The molecule has 0 radical (unpaired) electrons. The van der Waals surface area contributed by atoms with Crippen LogP contribution in [0.25, 0.3) is 0 Å². The predicted molar refractivity (Wildman–Crippen MR) is 42.0 cm³/mol. The van der Waals surface area contributed by atoms with E-state index < -0.39 is 5.60 Å². The van der Waals surface area contributed by atoms with Crippen LogP contribution >= 0.6 is 0 Å². The molecule has 0 saturated carbocycles. The van der Waals surface area contributed by atoms with Crippen LogP contribution < -0.4 is 0 Å². The standard InChI is InChI=1S/C8H17NO/c1-3-9-6-4-5-8(2,10)7-9/h10H,3-7H2,1-2H3/t8-/m0/s1. The van der Waals surface area contributed by atoms with Crippen LogP contribution in [0.5, 0.6) is 0 Å². The summed E-state index contributed by atoms with van der Waals surface area (Å²) in [6, 6.07) is 0. The van der Waals surface area contributed by atoms with Crippen LogP contribution in [0.15, 0.2) is 0 Å². The van der Waals surface area contributed by atoms with Crippen molar-refractivity contribution in [3.63, 3.8) is 0 Å². The fourth-order valence-corrected chi connectivity index (χ4v) is 1.59. The molecule has 10 heavy (non-hydrogen) atoms. The first-order chi connectivity index (χ1) is 4.64. The van der Waals surface area contributed by atoms with Crippen molar-refractivity contribution in [2.45, 2.75) is 32.3 Å². The first-order valence-electron chi connectivity index (χ1n) is 4.09. The van der Waals surface area contributed by atoms with Gasteiger partial charge in [0.2, 0.25) is 0 Å². The number of likely N-dealkylation sites (N-methyl/N-ethyl adjacent to an activating group) is 1. The maximum Gasteiger partial charge on any atom is 0.0746 e. The molecule has 1 fully saturated rings. The average Bonchev–Trinajstić information content (AvgIpc) is 1.86. The van der Waals surface area contributed by atoms with E-state index in [0.29, 0.717) is 0 Å². The van der Waals surface area contributed by atoms with Gasteiger partial charge in [-0.2, -0.15) is 0 Å². The smallest absolute Gasteiger partial charge is 0.0746 e. The molecule has 1 rings (SSSR count). The van der Waals surface area contributed by atoms with Crippen molar-refractivity contribution in [2.24, 2.45) is 0 Å². The highest BCUT2D eigenvalue weighted by Gasteiger charge is 2.26. The second-order valence-corrected chi connectivity index (χ2v) is 3.47. The van der Waals surface area contributed by atoms with E-state index in [-0.39, 0.29) is 0 Å². The quantitative estimate of drug-likeness (QED) is 0.588. The summed E-state index contributed by atoms with van der Waals surface area (Å²) in [5.41, 5.74) is -0.422. The Kier molecular flexibility index (Phi) is 2.32. The van der Waals surface area contributed by atoms with Crippen LogP contribution in [0.4, 0.5) is 0 Å². The second-order valence-electron chi connectivity index (χ2n) is 3.47. The van der Waals surface area contributed by atoms with Gasteiger partial charge in [0, 0.05) is 6.54 Å². The van der Waals surface area contributed by atoms with E-state index in [9.17, 15) is 5.11 Å². The van der Waals surface area contributed by atoms with Crippen LogP contribution in [-0.2, 0) is 0 Å². The van der Waals surface area contributed by atoms with Gasteiger partial charge in [-0.15, -0.1) is 0 Å². The lowest BCUT2D eigenvalue weighted by Gasteiger charge is -2.36. The fourth-order valence-electron chi connectivity index (χ4n) is 1.59. The van der Waals surface area contributed by atoms with Gasteiger partial charge in [-0.1, -0.05) is 6.92 Å². The maximum atomic E-state index is 9.63. The average molecular weight is 143 g/mol. The molecule has 1 heterocycles. The third-order valence-electron chi connectivity index (χ3n) is 2.20. The fraction of sp³-hybridized carbons (Fsp3) is 1.00. The van der Waals surface area contributed by atoms with Crippen molar-refractivity contribution in [1.82, 2.24) is 4.90 Å². The Morgan fingerprint density at radius 3 is 2.70 bits per heavy atom. The molecule has 2 heteroatoms. The van der Waals surface area contributed by atoms with Crippen LogP contribution in [0.2, 0.25) is 0 Å². The molecular formula is C8H17NO. The van der Waals surface area contributed by atoms with E-state index in [1.807, 2.05) is 6.92 Å². The lowest BCUT2D eigenvalue weighted by molar-refractivity contribution is -0.0137. The summed E-state index contributed by atoms with van der Waals surface area (Å²) in [7, 11) is 0. The van der Waals surface area contributed by atoms with Gasteiger partial charge in [-0.25, -0.2) is 0 Å². The first kappa shape index (κ1) is 8.02. The Morgan fingerprint density at radius 1 is 1.60 bits per heavy atom. The highest BCUT2D eigenvalue weighted by Crippen LogP contribution is 2.19. The number of hydrogen-bond acceptors (Lipinski definition) is 2. The van der Waals surface area contributed by atoms with Crippen LogP contribution in [-0.4, -0.2) is 35.2 Å². The summed E-state index contributed by atoms with van der Waals surface area (Å²) >= 11 is 0. The number of hydrogen-bond donors (Lipinski definition) is 1. The molecule has 0 aromatic heterocycles.